The molecular weight excluding hydrogens is 238 g/mol. The standard InChI is InChI=1S/C13H20F2N2O/c1-4-8(7-16)13(17-2)9-5-11(15)12(18-3)6-10(9)14/h5-6,8,13,17H,4,7,16H2,1-3H3. The van der Waals surface area contributed by atoms with Gasteiger partial charge < -0.3 is 15.8 Å². The highest BCUT2D eigenvalue weighted by molar-refractivity contribution is 5.33. The predicted molar refractivity (Wildman–Crippen MR) is 67.5 cm³/mol. The molecule has 2 atom stereocenters. The van der Waals surface area contributed by atoms with Gasteiger partial charge in [-0.05, 0) is 25.6 Å². The number of nitrogens with two attached hydrogens (primary N) is 1. The second-order valence-electron chi connectivity index (χ2n) is 4.18. The maximum atomic E-state index is 14.0. The zero-order valence-corrected chi connectivity index (χ0v) is 11.0. The first kappa shape index (κ1) is 14.9. The second-order valence-corrected chi connectivity index (χ2v) is 4.18. The first-order valence-corrected chi connectivity index (χ1v) is 5.99. The van der Waals surface area contributed by atoms with Crippen LogP contribution in [0, 0.1) is 17.6 Å². The lowest BCUT2D eigenvalue weighted by molar-refractivity contribution is 0.356. The largest absolute Gasteiger partial charge is 0.494 e. The van der Waals surface area contributed by atoms with Crippen molar-refractivity contribution in [3.63, 3.8) is 0 Å². The number of methoxy groups -OCH3 is 1. The van der Waals surface area contributed by atoms with E-state index in [-0.39, 0.29) is 23.3 Å². The van der Waals surface area contributed by atoms with E-state index in [2.05, 4.69) is 5.32 Å². The minimum atomic E-state index is -0.568. The molecule has 1 aromatic carbocycles. The fourth-order valence-electron chi connectivity index (χ4n) is 2.12. The van der Waals surface area contributed by atoms with Gasteiger partial charge in [0.2, 0.25) is 0 Å². The van der Waals surface area contributed by atoms with Gasteiger partial charge in [-0.3, -0.25) is 0 Å². The topological polar surface area (TPSA) is 47.3 Å². The molecule has 5 heteroatoms. The zero-order chi connectivity index (χ0) is 13.7. The fraction of sp³-hybridized carbons (Fsp3) is 0.538. The molecule has 0 aliphatic heterocycles. The van der Waals surface area contributed by atoms with Crippen LogP contribution in [-0.4, -0.2) is 20.7 Å². The van der Waals surface area contributed by atoms with E-state index in [4.69, 9.17) is 10.5 Å². The lowest BCUT2D eigenvalue weighted by Crippen LogP contribution is -2.31. The van der Waals surface area contributed by atoms with Crippen LogP contribution in [0.15, 0.2) is 12.1 Å². The van der Waals surface area contributed by atoms with Crippen molar-refractivity contribution in [2.75, 3.05) is 20.7 Å². The number of hydrogen-bond donors (Lipinski definition) is 2. The molecule has 0 aromatic heterocycles. The molecule has 1 aromatic rings. The SMILES string of the molecule is CCC(CN)C(NC)c1cc(F)c(OC)cc1F. The van der Waals surface area contributed by atoms with Crippen LogP contribution in [0.3, 0.4) is 0 Å². The molecule has 0 aliphatic carbocycles. The summed E-state index contributed by atoms with van der Waals surface area (Å²) in [6.45, 7) is 2.38. The predicted octanol–water partition coefficient (Wildman–Crippen LogP) is 2.22. The molecule has 0 amide bonds. The highest BCUT2D eigenvalue weighted by atomic mass is 19.1. The van der Waals surface area contributed by atoms with E-state index in [0.717, 1.165) is 12.5 Å². The van der Waals surface area contributed by atoms with E-state index in [1.165, 1.54) is 13.2 Å². The molecule has 0 saturated carbocycles. The lowest BCUT2D eigenvalue weighted by atomic mass is 9.90. The van der Waals surface area contributed by atoms with Gasteiger partial charge in [0, 0.05) is 17.7 Å². The van der Waals surface area contributed by atoms with Gasteiger partial charge >= 0.3 is 0 Å². The second kappa shape index (κ2) is 6.66. The summed E-state index contributed by atoms with van der Waals surface area (Å²) in [5.41, 5.74) is 5.95. The highest BCUT2D eigenvalue weighted by Crippen LogP contribution is 2.30. The van der Waals surface area contributed by atoms with Crippen molar-refractivity contribution >= 4 is 0 Å². The van der Waals surface area contributed by atoms with Crippen LogP contribution in [0.4, 0.5) is 8.78 Å². The van der Waals surface area contributed by atoms with Crippen molar-refractivity contribution in [2.45, 2.75) is 19.4 Å². The summed E-state index contributed by atoms with van der Waals surface area (Å²) in [6.07, 6.45) is 0.787. The molecule has 3 N–H and O–H groups in total. The number of rotatable bonds is 6. The van der Waals surface area contributed by atoms with Gasteiger partial charge in [-0.1, -0.05) is 13.3 Å². The molecule has 102 valence electrons. The third-order valence-corrected chi connectivity index (χ3v) is 3.22. The maximum Gasteiger partial charge on any atom is 0.165 e. The van der Waals surface area contributed by atoms with Crippen LogP contribution in [-0.2, 0) is 0 Å². The molecule has 0 spiro atoms. The Morgan fingerprint density at radius 1 is 1.33 bits per heavy atom. The smallest absolute Gasteiger partial charge is 0.165 e. The van der Waals surface area contributed by atoms with E-state index in [9.17, 15) is 8.78 Å². The van der Waals surface area contributed by atoms with Crippen LogP contribution >= 0.6 is 0 Å². The number of halogens is 2. The van der Waals surface area contributed by atoms with Gasteiger partial charge in [-0.2, -0.15) is 0 Å². The summed E-state index contributed by atoms with van der Waals surface area (Å²) < 4.78 is 32.4. The Hall–Kier alpha value is -1.20. The van der Waals surface area contributed by atoms with E-state index in [1.807, 2.05) is 6.92 Å². The minimum Gasteiger partial charge on any atom is -0.494 e. The summed E-state index contributed by atoms with van der Waals surface area (Å²) in [6, 6.07) is 1.94. The van der Waals surface area contributed by atoms with Gasteiger partial charge in [0.25, 0.3) is 0 Å². The summed E-state index contributed by atoms with van der Waals surface area (Å²) in [4.78, 5) is 0. The Bertz CT molecular complexity index is 395. The molecule has 0 fully saturated rings. The van der Waals surface area contributed by atoms with Crippen LogP contribution in [0.2, 0.25) is 0 Å². The molecule has 0 bridgehead atoms. The molecular formula is C13H20F2N2O. The Balaban J connectivity index is 3.17. The van der Waals surface area contributed by atoms with Crippen molar-refractivity contribution in [3.8, 4) is 5.75 Å². The third kappa shape index (κ3) is 2.97. The summed E-state index contributed by atoms with van der Waals surface area (Å²) >= 11 is 0. The maximum absolute atomic E-state index is 14.0. The lowest BCUT2D eigenvalue weighted by Gasteiger charge is -2.25. The van der Waals surface area contributed by atoms with E-state index >= 15 is 0 Å². The van der Waals surface area contributed by atoms with Gasteiger partial charge in [0.05, 0.1) is 7.11 Å². The summed E-state index contributed by atoms with van der Waals surface area (Å²) in [5, 5.41) is 3.00. The van der Waals surface area contributed by atoms with Gasteiger partial charge in [0.15, 0.2) is 11.6 Å². The zero-order valence-electron chi connectivity index (χ0n) is 11.0. The fourth-order valence-corrected chi connectivity index (χ4v) is 2.12. The Labute approximate surface area is 106 Å². The van der Waals surface area contributed by atoms with Crippen LogP contribution in [0.1, 0.15) is 24.9 Å². The Morgan fingerprint density at radius 3 is 2.44 bits per heavy atom. The number of nitrogens with one attached hydrogen (secondary N) is 1. The highest BCUT2D eigenvalue weighted by Gasteiger charge is 2.23. The van der Waals surface area contributed by atoms with E-state index in [0.29, 0.717) is 6.54 Å². The number of benzene rings is 1. The molecule has 3 nitrogen and oxygen atoms in total. The summed E-state index contributed by atoms with van der Waals surface area (Å²) in [7, 11) is 3.02. The molecule has 0 radical (unpaired) electrons. The van der Waals surface area contributed by atoms with Crippen LogP contribution < -0.4 is 15.8 Å². The van der Waals surface area contributed by atoms with Gasteiger partial charge in [-0.15, -0.1) is 0 Å². The van der Waals surface area contributed by atoms with E-state index in [1.54, 1.807) is 7.05 Å². The number of hydrogen-bond acceptors (Lipinski definition) is 3. The van der Waals surface area contributed by atoms with Crippen molar-refractivity contribution in [1.29, 1.82) is 0 Å². The van der Waals surface area contributed by atoms with Crippen LogP contribution in [0.5, 0.6) is 5.75 Å². The van der Waals surface area contributed by atoms with Crippen molar-refractivity contribution in [3.05, 3.63) is 29.3 Å². The monoisotopic (exact) mass is 258 g/mol. The van der Waals surface area contributed by atoms with Crippen molar-refractivity contribution < 1.29 is 13.5 Å². The van der Waals surface area contributed by atoms with Gasteiger partial charge in [-0.25, -0.2) is 8.78 Å². The van der Waals surface area contributed by atoms with E-state index < -0.39 is 11.6 Å². The average Bonchev–Trinajstić information content (AvgIpc) is 2.38. The third-order valence-electron chi connectivity index (χ3n) is 3.22. The first-order chi connectivity index (χ1) is 8.58. The first-order valence-electron chi connectivity index (χ1n) is 5.99. The van der Waals surface area contributed by atoms with Crippen molar-refractivity contribution in [1.82, 2.24) is 5.32 Å². The van der Waals surface area contributed by atoms with Crippen molar-refractivity contribution in [2.24, 2.45) is 11.7 Å². The molecule has 0 heterocycles. The molecule has 0 aliphatic rings. The summed E-state index contributed by atoms with van der Waals surface area (Å²) in [5.74, 6) is -1.09. The molecule has 1 rings (SSSR count). The number of ether oxygens (including phenoxy) is 1. The molecule has 2 unspecified atom stereocenters. The Morgan fingerprint density at radius 2 is 2.00 bits per heavy atom. The normalized spacial score (nSPS) is 14.3. The molecule has 18 heavy (non-hydrogen) atoms. The van der Waals surface area contributed by atoms with Gasteiger partial charge in [0.1, 0.15) is 5.82 Å². The minimum absolute atomic E-state index is 0.0531. The molecule has 0 saturated heterocycles. The quantitative estimate of drug-likeness (QED) is 0.822. The van der Waals surface area contributed by atoms with Crippen LogP contribution in [0.25, 0.3) is 0 Å². The Kier molecular flexibility index (Phi) is 5.50. The average molecular weight is 258 g/mol.